The first-order chi connectivity index (χ1) is 8.94. The maximum Gasteiger partial charge on any atom is 0.157 e. The molecule has 2 atom stereocenters. The molecule has 1 N–H and O–H groups in total. The van der Waals surface area contributed by atoms with Crippen LogP contribution in [0, 0.1) is 5.41 Å². The number of hydrogen-bond acceptors (Lipinski definition) is 4. The molecule has 0 saturated heterocycles. The van der Waals surface area contributed by atoms with E-state index in [0.717, 1.165) is 11.7 Å². The Kier molecular flexibility index (Phi) is 4.50. The average molecular weight is 277 g/mol. The van der Waals surface area contributed by atoms with E-state index >= 15 is 0 Å². The van der Waals surface area contributed by atoms with Crippen molar-refractivity contribution >= 4 is 16.9 Å². The van der Waals surface area contributed by atoms with Crippen LogP contribution in [-0.4, -0.2) is 21.9 Å². The third-order valence-corrected chi connectivity index (χ3v) is 4.22. The summed E-state index contributed by atoms with van der Waals surface area (Å²) in [6.45, 7) is 9.97. The Balaban J connectivity index is 1.85. The summed E-state index contributed by atoms with van der Waals surface area (Å²) in [5.41, 5.74) is 1.62. The van der Waals surface area contributed by atoms with Gasteiger partial charge in [0, 0.05) is 17.6 Å². The summed E-state index contributed by atoms with van der Waals surface area (Å²) in [4.78, 5) is 8.67. The molecule has 104 valence electrons. The Morgan fingerprint density at radius 1 is 1.37 bits per heavy atom. The van der Waals surface area contributed by atoms with Gasteiger partial charge in [-0.1, -0.05) is 32.5 Å². The molecule has 1 aromatic rings. The zero-order valence-electron chi connectivity index (χ0n) is 12.2. The largest absolute Gasteiger partial charge is 0.358 e. The van der Waals surface area contributed by atoms with Gasteiger partial charge >= 0.3 is 0 Å². The highest BCUT2D eigenvalue weighted by molar-refractivity contribution is 8.14. The maximum absolute atomic E-state index is 4.62. The van der Waals surface area contributed by atoms with Gasteiger partial charge in [0.15, 0.2) is 5.17 Å². The number of thioether (sulfide) groups is 1. The van der Waals surface area contributed by atoms with Crippen LogP contribution in [0.5, 0.6) is 0 Å². The number of hydrogen-bond donors (Lipinski definition) is 1. The Labute approximate surface area is 120 Å². The van der Waals surface area contributed by atoms with E-state index in [1.165, 1.54) is 12.0 Å². The number of amidine groups is 1. The minimum absolute atomic E-state index is 0.280. The molecule has 2 heterocycles. The first-order valence-corrected chi connectivity index (χ1v) is 7.69. The molecule has 0 bridgehead atoms. The summed E-state index contributed by atoms with van der Waals surface area (Å²) in [6.07, 6.45) is 4.87. The van der Waals surface area contributed by atoms with Gasteiger partial charge in [0.05, 0.1) is 12.6 Å². The Hall–Kier alpha value is -1.03. The fourth-order valence-corrected chi connectivity index (χ4v) is 3.65. The molecule has 19 heavy (non-hydrogen) atoms. The van der Waals surface area contributed by atoms with Gasteiger partial charge in [0.2, 0.25) is 0 Å². The molecule has 0 aromatic carbocycles. The van der Waals surface area contributed by atoms with E-state index in [2.05, 4.69) is 43.0 Å². The molecule has 2 unspecified atom stereocenters. The standard InChI is InChI=1S/C15H23N3S/c1-11(12-5-7-16-8-6-12)18-14-17-10-13(19-14)9-15(2,3)4/h5-8,11,13H,9-10H2,1-4H3,(H,17,18). The second-order valence-electron chi connectivity index (χ2n) is 6.30. The molecule has 1 aliphatic heterocycles. The SMILES string of the molecule is CC(NC1=NCC(CC(C)(C)C)S1)c1ccncc1. The van der Waals surface area contributed by atoms with Crippen molar-refractivity contribution in [3.63, 3.8) is 0 Å². The molecule has 0 amide bonds. The summed E-state index contributed by atoms with van der Waals surface area (Å²) >= 11 is 1.88. The van der Waals surface area contributed by atoms with E-state index < -0.39 is 0 Å². The van der Waals surface area contributed by atoms with Crippen LogP contribution in [0.25, 0.3) is 0 Å². The van der Waals surface area contributed by atoms with Gasteiger partial charge in [-0.2, -0.15) is 0 Å². The van der Waals surface area contributed by atoms with Gasteiger partial charge in [-0.25, -0.2) is 0 Å². The maximum atomic E-state index is 4.62. The van der Waals surface area contributed by atoms with E-state index in [1.54, 1.807) is 0 Å². The summed E-state index contributed by atoms with van der Waals surface area (Å²) in [7, 11) is 0. The molecule has 0 radical (unpaired) electrons. The minimum Gasteiger partial charge on any atom is -0.358 e. The van der Waals surface area contributed by atoms with Gasteiger partial charge in [0.1, 0.15) is 0 Å². The number of nitrogens with one attached hydrogen (secondary N) is 1. The summed E-state index contributed by atoms with van der Waals surface area (Å²) < 4.78 is 0. The number of pyridine rings is 1. The van der Waals surface area contributed by atoms with Gasteiger partial charge in [-0.3, -0.25) is 9.98 Å². The zero-order chi connectivity index (χ0) is 13.9. The Bertz CT molecular complexity index is 436. The molecular formula is C15H23N3S. The molecule has 0 aliphatic carbocycles. The lowest BCUT2D eigenvalue weighted by Crippen LogP contribution is -2.24. The van der Waals surface area contributed by atoms with Crippen molar-refractivity contribution in [2.24, 2.45) is 10.4 Å². The molecule has 0 fully saturated rings. The van der Waals surface area contributed by atoms with Gasteiger partial charge in [-0.15, -0.1) is 0 Å². The molecule has 0 spiro atoms. The van der Waals surface area contributed by atoms with Gasteiger partial charge < -0.3 is 5.32 Å². The van der Waals surface area contributed by atoms with Crippen LogP contribution in [-0.2, 0) is 0 Å². The van der Waals surface area contributed by atoms with Crippen LogP contribution in [0.1, 0.15) is 45.7 Å². The van der Waals surface area contributed by atoms with Crippen molar-refractivity contribution in [1.29, 1.82) is 0 Å². The fourth-order valence-electron chi connectivity index (χ4n) is 2.21. The van der Waals surface area contributed by atoms with E-state index in [4.69, 9.17) is 0 Å². The van der Waals surface area contributed by atoms with Crippen LogP contribution >= 0.6 is 11.8 Å². The van der Waals surface area contributed by atoms with Gasteiger partial charge in [0.25, 0.3) is 0 Å². The molecular weight excluding hydrogens is 254 g/mol. The first-order valence-electron chi connectivity index (χ1n) is 6.81. The lowest BCUT2D eigenvalue weighted by molar-refractivity contribution is 0.375. The van der Waals surface area contributed by atoms with Crippen LogP contribution in [0.4, 0.5) is 0 Å². The van der Waals surface area contributed by atoms with Crippen molar-refractivity contribution in [2.75, 3.05) is 6.54 Å². The Morgan fingerprint density at radius 2 is 2.05 bits per heavy atom. The predicted octanol–water partition coefficient (Wildman–Crippen LogP) is 3.64. The normalized spacial score (nSPS) is 21.1. The van der Waals surface area contributed by atoms with E-state index in [9.17, 15) is 0 Å². The zero-order valence-corrected chi connectivity index (χ0v) is 13.0. The summed E-state index contributed by atoms with van der Waals surface area (Å²) in [6, 6.07) is 4.37. The lowest BCUT2D eigenvalue weighted by Gasteiger charge is -2.22. The minimum atomic E-state index is 0.280. The van der Waals surface area contributed by atoms with Crippen molar-refractivity contribution in [3.05, 3.63) is 30.1 Å². The van der Waals surface area contributed by atoms with Crippen molar-refractivity contribution < 1.29 is 0 Å². The fraction of sp³-hybridized carbons (Fsp3) is 0.600. The summed E-state index contributed by atoms with van der Waals surface area (Å²) in [5, 5.41) is 5.20. The first kappa shape index (κ1) is 14.4. The topological polar surface area (TPSA) is 37.3 Å². The highest BCUT2D eigenvalue weighted by Gasteiger charge is 2.25. The molecule has 3 nitrogen and oxygen atoms in total. The third kappa shape index (κ3) is 4.53. The highest BCUT2D eigenvalue weighted by atomic mass is 32.2. The molecule has 2 rings (SSSR count). The quantitative estimate of drug-likeness (QED) is 0.916. The van der Waals surface area contributed by atoms with Crippen molar-refractivity contribution in [2.45, 2.75) is 45.4 Å². The highest BCUT2D eigenvalue weighted by Crippen LogP contribution is 2.32. The predicted molar refractivity (Wildman–Crippen MR) is 83.5 cm³/mol. The number of aliphatic imine (C=N–C) groups is 1. The van der Waals surface area contributed by atoms with Crippen molar-refractivity contribution in [3.8, 4) is 0 Å². The van der Waals surface area contributed by atoms with Crippen LogP contribution in [0.15, 0.2) is 29.5 Å². The van der Waals surface area contributed by atoms with Crippen LogP contribution in [0.2, 0.25) is 0 Å². The van der Waals surface area contributed by atoms with Crippen LogP contribution < -0.4 is 5.32 Å². The summed E-state index contributed by atoms with van der Waals surface area (Å²) in [5.74, 6) is 0. The van der Waals surface area contributed by atoms with Gasteiger partial charge in [-0.05, 0) is 36.5 Å². The monoisotopic (exact) mass is 277 g/mol. The molecule has 4 heteroatoms. The van der Waals surface area contributed by atoms with E-state index in [-0.39, 0.29) is 6.04 Å². The number of aromatic nitrogens is 1. The second-order valence-corrected chi connectivity index (χ2v) is 7.59. The molecule has 1 aromatic heterocycles. The number of nitrogens with zero attached hydrogens (tertiary/aromatic N) is 2. The van der Waals surface area contributed by atoms with E-state index in [0.29, 0.717) is 10.7 Å². The Morgan fingerprint density at radius 3 is 2.68 bits per heavy atom. The average Bonchev–Trinajstić information content (AvgIpc) is 2.75. The van der Waals surface area contributed by atoms with Crippen LogP contribution in [0.3, 0.4) is 0 Å². The lowest BCUT2D eigenvalue weighted by atomic mass is 9.90. The third-order valence-electron chi connectivity index (χ3n) is 3.10. The smallest absolute Gasteiger partial charge is 0.157 e. The number of rotatable bonds is 3. The second kappa shape index (κ2) is 5.95. The van der Waals surface area contributed by atoms with E-state index in [1.807, 2.05) is 36.3 Å². The molecule has 0 saturated carbocycles. The molecule has 1 aliphatic rings. The van der Waals surface area contributed by atoms with Crippen molar-refractivity contribution in [1.82, 2.24) is 10.3 Å².